The number of rotatable bonds is 4. The molecule has 1 atom stereocenters. The van der Waals surface area contributed by atoms with Crippen molar-refractivity contribution in [3.63, 3.8) is 0 Å². The van der Waals surface area contributed by atoms with Crippen LogP contribution in [0.25, 0.3) is 0 Å². The van der Waals surface area contributed by atoms with Gasteiger partial charge in [-0.15, -0.1) is 11.3 Å². The highest BCUT2D eigenvalue weighted by molar-refractivity contribution is 7.09. The lowest BCUT2D eigenvalue weighted by atomic mass is 9.86. The highest BCUT2D eigenvalue weighted by Gasteiger charge is 2.45. The smallest absolute Gasteiger partial charge is 0.0771 e. The molecule has 2 nitrogen and oxygen atoms in total. The summed E-state index contributed by atoms with van der Waals surface area (Å²) in [7, 11) is 0. The molecule has 1 aliphatic heterocycles. The molecule has 0 aromatic carbocycles. The zero-order valence-electron chi connectivity index (χ0n) is 11.0. The van der Waals surface area contributed by atoms with E-state index in [1.54, 1.807) is 11.3 Å². The second-order valence-corrected chi connectivity index (χ2v) is 6.84. The Morgan fingerprint density at radius 2 is 1.94 bits per heavy atom. The second-order valence-electron chi connectivity index (χ2n) is 5.80. The van der Waals surface area contributed by atoms with Crippen LogP contribution in [0.3, 0.4) is 0 Å². The van der Waals surface area contributed by atoms with Gasteiger partial charge < -0.3 is 5.11 Å². The summed E-state index contributed by atoms with van der Waals surface area (Å²) in [4.78, 5) is 3.92. The lowest BCUT2D eigenvalue weighted by Crippen LogP contribution is -2.54. The minimum absolute atomic E-state index is 0.0977. The third kappa shape index (κ3) is 2.24. The first-order chi connectivity index (χ1) is 8.81. The topological polar surface area (TPSA) is 23.5 Å². The van der Waals surface area contributed by atoms with Gasteiger partial charge in [-0.1, -0.05) is 18.9 Å². The van der Waals surface area contributed by atoms with Crippen molar-refractivity contribution in [2.45, 2.75) is 56.6 Å². The van der Waals surface area contributed by atoms with E-state index < -0.39 is 0 Å². The van der Waals surface area contributed by atoms with Crippen molar-refractivity contribution in [3.8, 4) is 0 Å². The predicted octanol–water partition coefficient (Wildman–Crippen LogP) is 3.06. The van der Waals surface area contributed by atoms with Gasteiger partial charge in [0.2, 0.25) is 0 Å². The van der Waals surface area contributed by atoms with Gasteiger partial charge in [-0.05, 0) is 50.2 Å². The van der Waals surface area contributed by atoms with E-state index in [9.17, 15) is 5.11 Å². The molecule has 0 bridgehead atoms. The minimum atomic E-state index is -0.184. The molecule has 0 amide bonds. The molecule has 2 heterocycles. The molecule has 0 spiro atoms. The molecule has 1 unspecified atom stereocenters. The molecule has 1 saturated carbocycles. The molecule has 100 valence electrons. The lowest BCUT2D eigenvalue weighted by molar-refractivity contribution is -0.0167. The van der Waals surface area contributed by atoms with Crippen molar-refractivity contribution < 1.29 is 5.11 Å². The summed E-state index contributed by atoms with van der Waals surface area (Å²) in [6.07, 6.45) is 8.25. The summed E-state index contributed by atoms with van der Waals surface area (Å²) >= 11 is 1.77. The van der Waals surface area contributed by atoms with Crippen LogP contribution in [-0.2, 0) is 6.42 Å². The van der Waals surface area contributed by atoms with Crippen LogP contribution >= 0.6 is 11.3 Å². The lowest BCUT2D eigenvalue weighted by Gasteiger charge is -2.42. The first-order valence-electron chi connectivity index (χ1n) is 7.27. The number of hydrogen-bond acceptors (Lipinski definition) is 3. The van der Waals surface area contributed by atoms with Crippen molar-refractivity contribution in [3.05, 3.63) is 22.4 Å². The fraction of sp³-hybridized carbons (Fsp3) is 0.733. The van der Waals surface area contributed by atoms with E-state index in [1.165, 1.54) is 56.5 Å². The molecular formula is C15H23NOS. The fourth-order valence-electron chi connectivity index (χ4n) is 3.82. The monoisotopic (exact) mass is 265 g/mol. The Bertz CT molecular complexity index is 364. The number of nitrogens with zero attached hydrogens (tertiary/aromatic N) is 1. The van der Waals surface area contributed by atoms with E-state index in [0.717, 1.165) is 6.42 Å². The summed E-state index contributed by atoms with van der Waals surface area (Å²) in [5, 5.41) is 12.9. The summed E-state index contributed by atoms with van der Waals surface area (Å²) in [6.45, 7) is 2.39. The maximum absolute atomic E-state index is 10.8. The quantitative estimate of drug-likeness (QED) is 0.904. The number of likely N-dealkylation sites (tertiary alicyclic amines) is 1. The van der Waals surface area contributed by atoms with E-state index in [4.69, 9.17) is 0 Å². The first kappa shape index (κ1) is 12.6. The Morgan fingerprint density at radius 1 is 1.22 bits per heavy atom. The van der Waals surface area contributed by atoms with Crippen LogP contribution in [0.4, 0.5) is 0 Å². The van der Waals surface area contributed by atoms with Crippen LogP contribution in [0.15, 0.2) is 17.5 Å². The molecule has 0 radical (unpaired) electrons. The van der Waals surface area contributed by atoms with Gasteiger partial charge in [-0.2, -0.15) is 0 Å². The highest BCUT2D eigenvalue weighted by Crippen LogP contribution is 2.41. The summed E-state index contributed by atoms with van der Waals surface area (Å²) in [5.41, 5.74) is 0.0977. The maximum Gasteiger partial charge on any atom is 0.0771 e. The first-order valence-corrected chi connectivity index (χ1v) is 8.15. The van der Waals surface area contributed by atoms with E-state index >= 15 is 0 Å². The van der Waals surface area contributed by atoms with Crippen molar-refractivity contribution in [1.29, 1.82) is 0 Å². The molecule has 1 saturated heterocycles. The SMILES string of the molecule is OC(Cc1cccs1)C1(N2CCCC2)CCCC1. The summed E-state index contributed by atoms with van der Waals surface area (Å²) in [6, 6.07) is 4.24. The number of aliphatic hydroxyl groups excluding tert-OH is 1. The second kappa shape index (κ2) is 5.32. The third-order valence-corrected chi connectivity index (χ3v) is 5.70. The van der Waals surface area contributed by atoms with Gasteiger partial charge in [0.1, 0.15) is 0 Å². The highest BCUT2D eigenvalue weighted by atomic mass is 32.1. The molecule has 2 fully saturated rings. The van der Waals surface area contributed by atoms with E-state index in [0.29, 0.717) is 0 Å². The fourth-order valence-corrected chi connectivity index (χ4v) is 4.56. The zero-order valence-corrected chi connectivity index (χ0v) is 11.8. The van der Waals surface area contributed by atoms with Gasteiger partial charge in [-0.3, -0.25) is 4.90 Å². The van der Waals surface area contributed by atoms with Crippen LogP contribution in [0, 0.1) is 0 Å². The average Bonchev–Trinajstić information content (AvgIpc) is 3.12. The molecule has 1 aliphatic carbocycles. The summed E-state index contributed by atoms with van der Waals surface area (Å²) < 4.78 is 0. The van der Waals surface area contributed by atoms with Crippen molar-refractivity contribution in [2.24, 2.45) is 0 Å². The largest absolute Gasteiger partial charge is 0.391 e. The number of hydrogen-bond donors (Lipinski definition) is 1. The Balaban J connectivity index is 1.76. The Kier molecular flexibility index (Phi) is 3.73. The molecule has 3 heteroatoms. The van der Waals surface area contributed by atoms with E-state index in [-0.39, 0.29) is 11.6 Å². The Labute approximate surface area is 114 Å². The molecule has 2 aliphatic rings. The van der Waals surface area contributed by atoms with Gasteiger partial charge in [0.05, 0.1) is 6.10 Å². The van der Waals surface area contributed by atoms with Crippen LogP contribution in [0.5, 0.6) is 0 Å². The molecule has 3 rings (SSSR count). The average molecular weight is 265 g/mol. The van der Waals surface area contributed by atoms with Crippen LogP contribution in [0.2, 0.25) is 0 Å². The van der Waals surface area contributed by atoms with Crippen molar-refractivity contribution in [1.82, 2.24) is 4.90 Å². The van der Waals surface area contributed by atoms with Crippen molar-refractivity contribution >= 4 is 11.3 Å². The van der Waals surface area contributed by atoms with E-state index in [1.807, 2.05) is 0 Å². The van der Waals surface area contributed by atoms with Crippen molar-refractivity contribution in [2.75, 3.05) is 13.1 Å². The van der Waals surface area contributed by atoms with Gasteiger partial charge in [-0.25, -0.2) is 0 Å². The molecular weight excluding hydrogens is 242 g/mol. The normalized spacial score (nSPS) is 25.6. The molecule has 1 aromatic rings. The Morgan fingerprint density at radius 3 is 2.56 bits per heavy atom. The van der Waals surface area contributed by atoms with Crippen LogP contribution in [0.1, 0.15) is 43.4 Å². The van der Waals surface area contributed by atoms with Gasteiger partial charge in [0.25, 0.3) is 0 Å². The predicted molar refractivity (Wildman–Crippen MR) is 76.0 cm³/mol. The molecule has 1 aromatic heterocycles. The van der Waals surface area contributed by atoms with Gasteiger partial charge in [0.15, 0.2) is 0 Å². The third-order valence-electron chi connectivity index (χ3n) is 4.80. The van der Waals surface area contributed by atoms with Crippen LogP contribution < -0.4 is 0 Å². The standard InChI is InChI=1S/C15H23NOS/c17-14(12-13-6-5-11-18-13)15(7-1-2-8-15)16-9-3-4-10-16/h5-6,11,14,17H,1-4,7-10,12H2. The summed E-state index contributed by atoms with van der Waals surface area (Å²) in [5.74, 6) is 0. The maximum atomic E-state index is 10.8. The number of aliphatic hydroxyl groups is 1. The molecule has 1 N–H and O–H groups in total. The van der Waals surface area contributed by atoms with E-state index in [2.05, 4.69) is 22.4 Å². The van der Waals surface area contributed by atoms with Crippen LogP contribution in [-0.4, -0.2) is 34.7 Å². The molecule has 18 heavy (non-hydrogen) atoms. The number of thiophene rings is 1. The zero-order chi connectivity index (χ0) is 12.4. The minimum Gasteiger partial charge on any atom is -0.391 e. The Hall–Kier alpha value is -0.380. The van der Waals surface area contributed by atoms with Gasteiger partial charge >= 0.3 is 0 Å². The van der Waals surface area contributed by atoms with Gasteiger partial charge in [0, 0.05) is 16.8 Å².